The minimum atomic E-state index is -1.45. The summed E-state index contributed by atoms with van der Waals surface area (Å²) in [6.07, 6.45) is 6.10. The number of rotatable bonds is 10. The summed E-state index contributed by atoms with van der Waals surface area (Å²) >= 11 is 1.22. The second-order valence-electron chi connectivity index (χ2n) is 10.7. The summed E-state index contributed by atoms with van der Waals surface area (Å²) in [5, 5.41) is 20.2. The number of aliphatic hydroxyl groups is 1. The number of hydrogen-bond acceptors (Lipinski definition) is 9. The molecule has 5 rings (SSSR count). The Morgan fingerprint density at radius 1 is 1.20 bits per heavy atom. The van der Waals surface area contributed by atoms with E-state index in [1.54, 1.807) is 27.9 Å². The largest absolute Gasteiger partial charge is 0.496 e. The summed E-state index contributed by atoms with van der Waals surface area (Å²) in [5.74, 6) is -0.315. The maximum absolute atomic E-state index is 14.0. The molecular formula is C29H38FIN6O6S. The topological polar surface area (TPSA) is 142 Å². The molecule has 0 unspecified atom stereocenters. The molecule has 0 bridgehead atoms. The zero-order valence-corrected chi connectivity index (χ0v) is 28.5. The molecule has 0 saturated heterocycles. The molecule has 44 heavy (non-hydrogen) atoms. The van der Waals surface area contributed by atoms with Crippen LogP contribution in [0.3, 0.4) is 0 Å². The second-order valence-corrected chi connectivity index (χ2v) is 11.7. The number of amides is 1. The average Bonchev–Trinajstić information content (AvgIpc) is 3.59. The number of hydrogen-bond donors (Lipinski definition) is 2. The Morgan fingerprint density at radius 2 is 1.89 bits per heavy atom. The van der Waals surface area contributed by atoms with E-state index in [2.05, 4.69) is 20.3 Å². The zero-order chi connectivity index (χ0) is 31.3. The van der Waals surface area contributed by atoms with Gasteiger partial charge in [-0.1, -0.05) is 11.3 Å². The summed E-state index contributed by atoms with van der Waals surface area (Å²) in [5.41, 5.74) is -1.44. The number of aliphatic hydroxyl groups excluding tert-OH is 1. The molecule has 1 amide bonds. The van der Waals surface area contributed by atoms with Crippen LogP contribution in [0.4, 0.5) is 4.39 Å². The van der Waals surface area contributed by atoms with Crippen molar-refractivity contribution in [2.45, 2.75) is 64.6 Å². The van der Waals surface area contributed by atoms with Crippen molar-refractivity contribution in [2.75, 3.05) is 27.4 Å². The van der Waals surface area contributed by atoms with E-state index in [0.29, 0.717) is 38.7 Å². The number of aromatic nitrogens is 5. The number of halogens is 2. The molecule has 240 valence electrons. The van der Waals surface area contributed by atoms with E-state index in [1.807, 2.05) is 0 Å². The summed E-state index contributed by atoms with van der Waals surface area (Å²) in [7, 11) is 3.05. The Morgan fingerprint density at radius 3 is 2.43 bits per heavy atom. The third-order valence-corrected chi connectivity index (χ3v) is 8.77. The molecular weight excluding hydrogens is 706 g/mol. The molecule has 0 radical (unpaired) electrons. The fourth-order valence-electron chi connectivity index (χ4n) is 4.82. The number of benzene rings is 1. The molecule has 4 aromatic rings. The first-order chi connectivity index (χ1) is 20.5. The van der Waals surface area contributed by atoms with Crippen LogP contribution in [0.2, 0.25) is 0 Å². The molecule has 1 saturated carbocycles. The predicted molar refractivity (Wildman–Crippen MR) is 176 cm³/mol. The summed E-state index contributed by atoms with van der Waals surface area (Å²) in [6.45, 7) is 5.62. The van der Waals surface area contributed by atoms with Crippen LogP contribution in [0.15, 0.2) is 40.2 Å². The Labute approximate surface area is 274 Å². The molecule has 0 spiro atoms. The smallest absolute Gasteiger partial charge is 0.333 e. The van der Waals surface area contributed by atoms with E-state index in [9.17, 15) is 18.8 Å². The van der Waals surface area contributed by atoms with Gasteiger partial charge in [-0.3, -0.25) is 14.2 Å². The second kappa shape index (κ2) is 15.2. The van der Waals surface area contributed by atoms with Gasteiger partial charge in [0.1, 0.15) is 26.9 Å². The molecule has 0 aliphatic heterocycles. The lowest BCUT2D eigenvalue weighted by Crippen LogP contribution is -2.57. The van der Waals surface area contributed by atoms with Crippen LogP contribution < -0.4 is 21.3 Å². The van der Waals surface area contributed by atoms with Crippen LogP contribution in [0.1, 0.15) is 44.2 Å². The first-order valence-corrected chi connectivity index (χ1v) is 14.8. The third-order valence-electron chi connectivity index (χ3n) is 7.49. The van der Waals surface area contributed by atoms with Crippen molar-refractivity contribution in [3.8, 4) is 10.8 Å². The maximum Gasteiger partial charge on any atom is 0.333 e. The van der Waals surface area contributed by atoms with Crippen LogP contribution in [-0.2, 0) is 28.0 Å². The average molecular weight is 745 g/mol. The van der Waals surface area contributed by atoms with Gasteiger partial charge in [-0.25, -0.2) is 13.8 Å². The fraction of sp³-hybridized carbons (Fsp3) is 0.483. The van der Waals surface area contributed by atoms with Crippen molar-refractivity contribution >= 4 is 51.4 Å². The molecule has 2 N–H and O–H groups in total. The highest BCUT2D eigenvalue weighted by Crippen LogP contribution is 2.31. The molecule has 3 heterocycles. The van der Waals surface area contributed by atoms with Crippen LogP contribution in [0.5, 0.6) is 5.75 Å². The minimum Gasteiger partial charge on any atom is -0.496 e. The van der Waals surface area contributed by atoms with Crippen molar-refractivity contribution < 1.29 is 23.8 Å². The SMILES string of the molecule is COCCO.COc1ccc(F)cc1CCn1c(=O)n(C(C)(C)C(=O)NC2CCC2)c(=O)c2c(C)c(-n3nccn3)sc21.I. The molecule has 3 aromatic heterocycles. The van der Waals surface area contributed by atoms with E-state index >= 15 is 0 Å². The number of ether oxygens (including phenoxy) is 2. The van der Waals surface area contributed by atoms with Crippen molar-refractivity contribution in [1.82, 2.24) is 29.4 Å². The van der Waals surface area contributed by atoms with Gasteiger partial charge in [-0.2, -0.15) is 10.2 Å². The summed E-state index contributed by atoms with van der Waals surface area (Å²) in [4.78, 5) is 43.0. The predicted octanol–water partition coefficient (Wildman–Crippen LogP) is 3.15. The zero-order valence-electron chi connectivity index (χ0n) is 25.3. The monoisotopic (exact) mass is 744 g/mol. The molecule has 15 heteroatoms. The van der Waals surface area contributed by atoms with E-state index in [1.165, 1.54) is 58.4 Å². The van der Waals surface area contributed by atoms with Gasteiger partial charge < -0.3 is 19.9 Å². The Balaban J connectivity index is 0.000000817. The number of thiophene rings is 1. The maximum atomic E-state index is 14.0. The molecule has 1 aromatic carbocycles. The number of carbonyl (C=O) groups excluding carboxylic acids is 1. The molecule has 1 aliphatic carbocycles. The van der Waals surface area contributed by atoms with Crippen molar-refractivity contribution in [2.24, 2.45) is 0 Å². The fourth-order valence-corrected chi connectivity index (χ4v) is 6.05. The number of nitrogens with zero attached hydrogens (tertiary/aromatic N) is 5. The first-order valence-electron chi connectivity index (χ1n) is 13.9. The van der Waals surface area contributed by atoms with E-state index in [-0.39, 0.29) is 55.5 Å². The van der Waals surface area contributed by atoms with Gasteiger partial charge in [0.2, 0.25) is 5.91 Å². The molecule has 0 atom stereocenters. The summed E-state index contributed by atoms with van der Waals surface area (Å²) < 4.78 is 26.4. The van der Waals surface area contributed by atoms with Crippen LogP contribution in [0, 0.1) is 12.7 Å². The highest BCUT2D eigenvalue weighted by molar-refractivity contribution is 14.0. The molecule has 1 fully saturated rings. The van der Waals surface area contributed by atoms with Gasteiger partial charge in [0, 0.05) is 25.3 Å². The van der Waals surface area contributed by atoms with Gasteiger partial charge in [-0.05, 0) is 70.2 Å². The van der Waals surface area contributed by atoms with Crippen LogP contribution in [-0.4, -0.2) is 68.6 Å². The van der Waals surface area contributed by atoms with Gasteiger partial charge in [0.05, 0.1) is 38.1 Å². The number of methoxy groups -OCH3 is 2. The number of carbonyl (C=O) groups is 1. The normalized spacial score (nSPS) is 13.1. The van der Waals surface area contributed by atoms with E-state index in [4.69, 9.17) is 9.84 Å². The third kappa shape index (κ3) is 7.21. The minimum absolute atomic E-state index is 0. The van der Waals surface area contributed by atoms with Crippen molar-refractivity contribution in [3.05, 3.63) is 68.4 Å². The van der Waals surface area contributed by atoms with Gasteiger partial charge in [0.25, 0.3) is 5.56 Å². The van der Waals surface area contributed by atoms with Crippen molar-refractivity contribution in [3.63, 3.8) is 0 Å². The first kappa shape index (κ1) is 35.3. The van der Waals surface area contributed by atoms with Gasteiger partial charge in [-0.15, -0.1) is 28.8 Å². The highest BCUT2D eigenvalue weighted by Gasteiger charge is 2.37. The Bertz CT molecular complexity index is 1700. The number of fused-ring (bicyclic) bond motifs is 1. The molecule has 1 aliphatic rings. The van der Waals surface area contributed by atoms with Crippen molar-refractivity contribution in [1.29, 1.82) is 0 Å². The van der Waals surface area contributed by atoms with Crippen LogP contribution in [0.25, 0.3) is 15.2 Å². The Kier molecular flexibility index (Phi) is 12.2. The van der Waals surface area contributed by atoms with Gasteiger partial charge in [0.15, 0.2) is 0 Å². The lowest BCUT2D eigenvalue weighted by atomic mass is 9.91. The lowest BCUT2D eigenvalue weighted by molar-refractivity contribution is -0.130. The summed E-state index contributed by atoms with van der Waals surface area (Å²) in [6, 6.07) is 4.26. The van der Waals surface area contributed by atoms with E-state index < -0.39 is 22.6 Å². The van der Waals surface area contributed by atoms with Gasteiger partial charge >= 0.3 is 5.69 Å². The number of nitrogens with one attached hydrogen (secondary N) is 1. The highest BCUT2D eigenvalue weighted by atomic mass is 127. The number of aryl methyl sites for hydroxylation is 3. The Hall–Kier alpha value is -3.15. The molecule has 12 nitrogen and oxygen atoms in total. The standard InChI is InChI=1S/C26H29FN6O4S.C3H8O2.HI/c1-15-20-21(34)32(26(2,3)24(35)30-18-6-5-7-18)25(36)31(23(20)38-22(15)33-28-11-12-29-33)13-10-16-14-17(27)8-9-19(16)37-4;1-5-3-2-4;/h8-9,11-12,14,18H,5-7,10,13H2,1-4H3,(H,30,35);4H,2-3H2,1H3;1H. The quantitative estimate of drug-likeness (QED) is 0.236. The van der Waals surface area contributed by atoms with E-state index in [0.717, 1.165) is 23.8 Å². The lowest BCUT2D eigenvalue weighted by Gasteiger charge is -2.32. The van der Waals surface area contributed by atoms with Crippen LogP contribution >= 0.6 is 35.3 Å².